The highest BCUT2D eigenvalue weighted by Crippen LogP contribution is 2.28. The predicted molar refractivity (Wildman–Crippen MR) is 175 cm³/mol. The van der Waals surface area contributed by atoms with Crippen LogP contribution in [0.5, 0.6) is 0 Å². The minimum Gasteiger partial charge on any atom is -0.462 e. The number of carbonyl (C=O) groups excluding carboxylic acids is 3. The first-order valence-electron chi connectivity index (χ1n) is 15.3. The number of piperazine rings is 1. The molecule has 5 rings (SSSR count). The van der Waals surface area contributed by atoms with Gasteiger partial charge in [0.05, 0.1) is 24.3 Å². The predicted octanol–water partition coefficient (Wildman–Crippen LogP) is 4.54. The molecule has 2 amide bonds. The number of rotatable bonds is 12. The van der Waals surface area contributed by atoms with E-state index >= 15 is 0 Å². The number of nitrogens with zero attached hydrogens (tertiary/aromatic N) is 4. The highest BCUT2D eigenvalue weighted by atomic mass is 32.1. The van der Waals surface area contributed by atoms with E-state index in [2.05, 4.69) is 39.4 Å². The molecule has 3 aromatic rings. The molecular formula is C34H38FN5O4S. The monoisotopic (exact) mass is 631 g/mol. The summed E-state index contributed by atoms with van der Waals surface area (Å²) in [4.78, 5) is 47.1. The van der Waals surface area contributed by atoms with Crippen molar-refractivity contribution in [3.8, 4) is 0 Å². The maximum absolute atomic E-state index is 13.8. The topological polar surface area (TPSA) is 85.4 Å². The number of nitrogens with one attached hydrogen (secondary N) is 1. The smallest absolute Gasteiger partial charge is 0.338 e. The molecule has 0 bridgehead atoms. The third kappa shape index (κ3) is 8.30. The summed E-state index contributed by atoms with van der Waals surface area (Å²) in [6, 6.07) is 21.7. The van der Waals surface area contributed by atoms with Gasteiger partial charge in [-0.3, -0.25) is 19.4 Å². The van der Waals surface area contributed by atoms with Crippen molar-refractivity contribution in [2.45, 2.75) is 32.4 Å². The van der Waals surface area contributed by atoms with Gasteiger partial charge in [-0.1, -0.05) is 30.3 Å². The Morgan fingerprint density at radius 3 is 2.24 bits per heavy atom. The van der Waals surface area contributed by atoms with E-state index in [0.29, 0.717) is 28.6 Å². The molecule has 1 N–H and O–H groups in total. The van der Waals surface area contributed by atoms with Gasteiger partial charge in [-0.05, 0) is 86.2 Å². The Hall–Kier alpha value is -4.19. The van der Waals surface area contributed by atoms with Gasteiger partial charge in [0.1, 0.15) is 11.9 Å². The van der Waals surface area contributed by atoms with E-state index in [0.717, 1.165) is 45.7 Å². The first-order valence-corrected chi connectivity index (χ1v) is 15.7. The van der Waals surface area contributed by atoms with Gasteiger partial charge in [-0.25, -0.2) is 9.18 Å². The van der Waals surface area contributed by atoms with E-state index in [1.165, 1.54) is 34.7 Å². The van der Waals surface area contributed by atoms with Gasteiger partial charge < -0.3 is 19.9 Å². The van der Waals surface area contributed by atoms with Gasteiger partial charge in [0.2, 0.25) is 5.91 Å². The highest BCUT2D eigenvalue weighted by molar-refractivity contribution is 7.80. The molecule has 2 saturated heterocycles. The fraction of sp³-hybridized carbons (Fsp3) is 0.353. The van der Waals surface area contributed by atoms with Crippen molar-refractivity contribution in [1.29, 1.82) is 0 Å². The normalized spacial score (nSPS) is 17.5. The number of ether oxygens (including phenoxy) is 1. The highest BCUT2D eigenvalue weighted by Gasteiger charge is 2.44. The van der Waals surface area contributed by atoms with Crippen molar-refractivity contribution in [3.05, 3.63) is 95.8 Å². The van der Waals surface area contributed by atoms with Crippen molar-refractivity contribution in [1.82, 2.24) is 14.7 Å². The molecule has 45 heavy (non-hydrogen) atoms. The molecule has 2 aliphatic heterocycles. The van der Waals surface area contributed by atoms with Crippen LogP contribution in [-0.4, -0.2) is 89.5 Å². The molecule has 2 aliphatic rings. The van der Waals surface area contributed by atoms with Crippen LogP contribution in [0.25, 0.3) is 0 Å². The lowest BCUT2D eigenvalue weighted by Gasteiger charge is -2.35. The van der Waals surface area contributed by atoms with Gasteiger partial charge in [-0.2, -0.15) is 0 Å². The summed E-state index contributed by atoms with van der Waals surface area (Å²) in [6.07, 6.45) is 0.643. The zero-order valence-corrected chi connectivity index (χ0v) is 26.2. The number of esters is 1. The molecule has 9 nitrogen and oxygen atoms in total. The summed E-state index contributed by atoms with van der Waals surface area (Å²) in [7, 11) is 0. The second-order valence-corrected chi connectivity index (χ2v) is 11.5. The largest absolute Gasteiger partial charge is 0.462 e. The lowest BCUT2D eigenvalue weighted by molar-refractivity contribution is -0.124. The van der Waals surface area contributed by atoms with Crippen molar-refractivity contribution in [3.63, 3.8) is 0 Å². The van der Waals surface area contributed by atoms with Gasteiger partial charge >= 0.3 is 5.97 Å². The SMILES string of the molecule is CCOC(=O)c1ccc(N2C(=O)[C@@H](CC(=O)Nc3ccc(F)cc3)N(CCCN3CCN(Cc4ccccc4)CC3)C2=S)cc1. The number of benzene rings is 3. The Kier molecular flexibility index (Phi) is 10.9. The lowest BCUT2D eigenvalue weighted by atomic mass is 10.1. The van der Waals surface area contributed by atoms with E-state index in [-0.39, 0.29) is 24.8 Å². The minimum absolute atomic E-state index is 0.119. The summed E-state index contributed by atoms with van der Waals surface area (Å²) in [5.41, 5.74) is 2.64. The average Bonchev–Trinajstić information content (AvgIpc) is 3.27. The molecule has 2 heterocycles. The van der Waals surface area contributed by atoms with Crippen molar-refractivity contribution in [2.24, 2.45) is 0 Å². The zero-order chi connectivity index (χ0) is 31.8. The Morgan fingerprint density at radius 1 is 0.911 bits per heavy atom. The quantitative estimate of drug-likeness (QED) is 0.231. The van der Waals surface area contributed by atoms with Crippen LogP contribution in [-0.2, 0) is 20.9 Å². The minimum atomic E-state index is -0.801. The second-order valence-electron chi connectivity index (χ2n) is 11.1. The van der Waals surface area contributed by atoms with Crippen LogP contribution < -0.4 is 10.2 Å². The summed E-state index contributed by atoms with van der Waals surface area (Å²) < 4.78 is 18.4. The van der Waals surface area contributed by atoms with Crippen LogP contribution in [0.1, 0.15) is 35.7 Å². The molecule has 236 valence electrons. The van der Waals surface area contributed by atoms with Crippen LogP contribution >= 0.6 is 12.2 Å². The van der Waals surface area contributed by atoms with Gasteiger partial charge in [-0.15, -0.1) is 0 Å². The number of amides is 2. The standard InChI is InChI=1S/C34H38FN5O4S/c1-2-44-33(43)26-9-15-29(16-10-26)40-32(42)30(23-31(41)36-28-13-11-27(35)12-14-28)39(34(40)45)18-6-17-37-19-21-38(22-20-37)24-25-7-4-3-5-8-25/h3-5,7-16,30H,2,6,17-24H2,1H3,(H,36,41)/t30-/m1/s1. The molecule has 0 saturated carbocycles. The number of hydrogen-bond donors (Lipinski definition) is 1. The molecule has 0 radical (unpaired) electrons. The maximum Gasteiger partial charge on any atom is 0.338 e. The van der Waals surface area contributed by atoms with Crippen LogP contribution in [0.2, 0.25) is 0 Å². The Morgan fingerprint density at radius 2 is 1.58 bits per heavy atom. The first kappa shape index (κ1) is 32.2. The summed E-state index contributed by atoms with van der Waals surface area (Å²) in [6.45, 7) is 8.16. The number of halogens is 1. The molecule has 0 spiro atoms. The molecule has 11 heteroatoms. The van der Waals surface area contributed by atoms with E-state index in [4.69, 9.17) is 17.0 Å². The zero-order valence-electron chi connectivity index (χ0n) is 25.4. The van der Waals surface area contributed by atoms with Crippen molar-refractivity contribution < 1.29 is 23.5 Å². The number of thiocarbonyl (C=S) groups is 1. The molecule has 0 unspecified atom stereocenters. The Bertz CT molecular complexity index is 1480. The van der Waals surface area contributed by atoms with Crippen LogP contribution in [0.3, 0.4) is 0 Å². The first-order chi connectivity index (χ1) is 21.8. The second kappa shape index (κ2) is 15.2. The van der Waals surface area contributed by atoms with Gasteiger partial charge in [0, 0.05) is 45.0 Å². The maximum atomic E-state index is 13.8. The fourth-order valence-corrected chi connectivity index (χ4v) is 6.10. The summed E-state index contributed by atoms with van der Waals surface area (Å²) in [5, 5.41) is 3.07. The van der Waals surface area contributed by atoms with Crippen LogP contribution in [0.4, 0.5) is 15.8 Å². The van der Waals surface area contributed by atoms with E-state index < -0.39 is 17.8 Å². The number of hydrogen-bond acceptors (Lipinski definition) is 7. The molecule has 2 fully saturated rings. The third-order valence-electron chi connectivity index (χ3n) is 8.05. The molecule has 3 aromatic carbocycles. The molecule has 0 aromatic heterocycles. The number of anilines is 2. The Balaban J connectivity index is 1.23. The molecule has 1 atom stereocenters. The Labute approximate surface area is 268 Å². The van der Waals surface area contributed by atoms with E-state index in [1.54, 1.807) is 31.2 Å². The third-order valence-corrected chi connectivity index (χ3v) is 8.47. The molecule has 0 aliphatic carbocycles. The van der Waals surface area contributed by atoms with E-state index in [1.807, 2.05) is 11.0 Å². The van der Waals surface area contributed by atoms with Crippen molar-refractivity contribution >= 4 is 46.5 Å². The number of carbonyl (C=O) groups is 3. The average molecular weight is 632 g/mol. The molecular weight excluding hydrogens is 593 g/mol. The van der Waals surface area contributed by atoms with Gasteiger partial charge in [0.25, 0.3) is 5.91 Å². The lowest BCUT2D eigenvalue weighted by Crippen LogP contribution is -2.47. The van der Waals surface area contributed by atoms with Crippen molar-refractivity contribution in [2.75, 3.05) is 56.1 Å². The van der Waals surface area contributed by atoms with E-state index in [9.17, 15) is 18.8 Å². The fourth-order valence-electron chi connectivity index (χ4n) is 5.68. The summed E-state index contributed by atoms with van der Waals surface area (Å²) >= 11 is 5.81. The van der Waals surface area contributed by atoms with Crippen LogP contribution in [0.15, 0.2) is 78.9 Å². The van der Waals surface area contributed by atoms with Gasteiger partial charge in [0.15, 0.2) is 5.11 Å². The summed E-state index contributed by atoms with van der Waals surface area (Å²) in [5.74, 6) is -1.54. The van der Waals surface area contributed by atoms with Crippen LogP contribution in [0, 0.1) is 5.82 Å².